The van der Waals surface area contributed by atoms with Crippen molar-refractivity contribution in [3.8, 4) is 0 Å². The van der Waals surface area contributed by atoms with Crippen molar-refractivity contribution >= 4 is 11.9 Å². The molecule has 0 aliphatic carbocycles. The SMILES string of the molecule is CCOC(=O)C(C(=O)OCC)[N+]1(CC)CCc2ccccc2C1. The summed E-state index contributed by atoms with van der Waals surface area (Å²) < 4.78 is 10.7. The van der Waals surface area contributed by atoms with Crippen molar-refractivity contribution in [2.75, 3.05) is 26.3 Å². The summed E-state index contributed by atoms with van der Waals surface area (Å²) in [6.07, 6.45) is 0.847. The number of rotatable bonds is 6. The fraction of sp³-hybridized carbons (Fsp3) is 0.556. The topological polar surface area (TPSA) is 52.6 Å². The minimum Gasteiger partial charge on any atom is -0.461 e. The first-order chi connectivity index (χ1) is 11.1. The average molecular weight is 320 g/mol. The van der Waals surface area contributed by atoms with Crippen LogP contribution in [0.2, 0.25) is 0 Å². The molecule has 2 rings (SSSR count). The first-order valence-corrected chi connectivity index (χ1v) is 8.33. The highest BCUT2D eigenvalue weighted by atomic mass is 16.6. The second-order valence-electron chi connectivity index (χ2n) is 5.84. The van der Waals surface area contributed by atoms with E-state index in [1.54, 1.807) is 13.8 Å². The fourth-order valence-corrected chi connectivity index (χ4v) is 3.38. The maximum atomic E-state index is 12.5. The number of hydrogen-bond acceptors (Lipinski definition) is 4. The molecule has 1 aromatic rings. The largest absolute Gasteiger partial charge is 0.461 e. The zero-order valence-electron chi connectivity index (χ0n) is 14.2. The Hall–Kier alpha value is -1.88. The molecule has 0 bridgehead atoms. The number of nitrogens with zero attached hydrogens (tertiary/aromatic N) is 1. The van der Waals surface area contributed by atoms with E-state index in [9.17, 15) is 9.59 Å². The molecule has 1 aromatic carbocycles. The van der Waals surface area contributed by atoms with Crippen LogP contribution in [0.5, 0.6) is 0 Å². The van der Waals surface area contributed by atoms with Gasteiger partial charge in [-0.1, -0.05) is 24.3 Å². The van der Waals surface area contributed by atoms with Crippen molar-refractivity contribution in [3.63, 3.8) is 0 Å². The molecule has 1 heterocycles. The van der Waals surface area contributed by atoms with E-state index >= 15 is 0 Å². The second kappa shape index (κ2) is 7.59. The molecule has 0 saturated carbocycles. The molecule has 0 saturated heterocycles. The van der Waals surface area contributed by atoms with Crippen LogP contribution in [0.3, 0.4) is 0 Å². The Morgan fingerprint density at radius 1 is 1.04 bits per heavy atom. The minimum atomic E-state index is -0.909. The molecule has 1 atom stereocenters. The van der Waals surface area contributed by atoms with E-state index in [2.05, 4.69) is 12.1 Å². The van der Waals surface area contributed by atoms with Gasteiger partial charge in [0.25, 0.3) is 6.04 Å². The summed E-state index contributed by atoms with van der Waals surface area (Å²) in [5.41, 5.74) is 2.49. The third-order valence-corrected chi connectivity index (χ3v) is 4.63. The maximum Gasteiger partial charge on any atom is 0.377 e. The molecule has 5 nitrogen and oxygen atoms in total. The van der Waals surface area contributed by atoms with Crippen LogP contribution >= 0.6 is 0 Å². The van der Waals surface area contributed by atoms with Gasteiger partial charge in [-0.25, -0.2) is 9.59 Å². The Morgan fingerprint density at radius 3 is 2.13 bits per heavy atom. The molecule has 0 aromatic heterocycles. The minimum absolute atomic E-state index is 0.259. The number of fused-ring (bicyclic) bond motifs is 1. The molecule has 5 heteroatoms. The molecule has 23 heavy (non-hydrogen) atoms. The van der Waals surface area contributed by atoms with Crippen LogP contribution < -0.4 is 0 Å². The van der Waals surface area contributed by atoms with Crippen molar-refractivity contribution in [1.82, 2.24) is 0 Å². The van der Waals surface area contributed by atoms with Crippen molar-refractivity contribution in [2.45, 2.75) is 39.8 Å². The van der Waals surface area contributed by atoms with Gasteiger partial charge in [-0.3, -0.25) is 4.48 Å². The molecule has 0 radical (unpaired) electrons. The summed E-state index contributed by atoms with van der Waals surface area (Å²) in [5, 5.41) is 0. The van der Waals surface area contributed by atoms with Gasteiger partial charge in [0.15, 0.2) is 0 Å². The number of esters is 2. The normalized spacial score (nSPS) is 20.0. The number of hydrogen-bond donors (Lipinski definition) is 0. The van der Waals surface area contributed by atoms with Crippen LogP contribution in [0.25, 0.3) is 0 Å². The Bertz CT molecular complexity index is 554. The first kappa shape index (κ1) is 17.5. The van der Waals surface area contributed by atoms with Crippen molar-refractivity contribution in [2.24, 2.45) is 0 Å². The summed E-state index contributed by atoms with van der Waals surface area (Å²) in [5.74, 6) is -0.959. The van der Waals surface area contributed by atoms with Gasteiger partial charge < -0.3 is 9.47 Å². The predicted molar refractivity (Wildman–Crippen MR) is 86.6 cm³/mol. The quantitative estimate of drug-likeness (QED) is 0.457. The van der Waals surface area contributed by atoms with E-state index in [-0.39, 0.29) is 13.2 Å². The molecule has 0 amide bonds. The second-order valence-corrected chi connectivity index (χ2v) is 5.84. The lowest BCUT2D eigenvalue weighted by Gasteiger charge is -2.44. The van der Waals surface area contributed by atoms with Crippen LogP contribution in [-0.4, -0.2) is 48.8 Å². The smallest absolute Gasteiger partial charge is 0.377 e. The summed E-state index contributed by atoms with van der Waals surface area (Å²) in [4.78, 5) is 25.0. The van der Waals surface area contributed by atoms with E-state index in [4.69, 9.17) is 9.47 Å². The zero-order chi connectivity index (χ0) is 16.9. The van der Waals surface area contributed by atoms with Gasteiger partial charge >= 0.3 is 11.9 Å². The number of carbonyl (C=O) groups excluding carboxylic acids is 2. The number of quaternary nitrogens is 1. The van der Waals surface area contributed by atoms with Gasteiger partial charge in [-0.2, -0.15) is 0 Å². The highest BCUT2D eigenvalue weighted by Gasteiger charge is 2.49. The van der Waals surface area contributed by atoms with E-state index in [1.807, 2.05) is 19.1 Å². The van der Waals surface area contributed by atoms with Gasteiger partial charge in [-0.15, -0.1) is 0 Å². The molecule has 0 spiro atoms. The van der Waals surface area contributed by atoms with Gasteiger partial charge in [0.05, 0.1) is 26.3 Å². The maximum absolute atomic E-state index is 12.5. The standard InChI is InChI=1S/C18H26NO4/c1-4-19(12-11-14-9-7-8-10-15(14)13-19)16(17(20)22-5-2)18(21)23-6-3/h7-10,16H,4-6,11-13H2,1-3H3/q+1. The van der Waals surface area contributed by atoms with Crippen LogP contribution in [0.1, 0.15) is 31.9 Å². The summed E-state index contributed by atoms with van der Waals surface area (Å²) in [6, 6.07) is 7.30. The Morgan fingerprint density at radius 2 is 1.61 bits per heavy atom. The van der Waals surface area contributed by atoms with E-state index in [0.717, 1.165) is 13.0 Å². The van der Waals surface area contributed by atoms with Crippen LogP contribution in [0.15, 0.2) is 24.3 Å². The first-order valence-electron chi connectivity index (χ1n) is 8.33. The highest BCUT2D eigenvalue weighted by molar-refractivity contribution is 5.97. The monoisotopic (exact) mass is 320 g/mol. The Balaban J connectivity index is 2.37. The van der Waals surface area contributed by atoms with Gasteiger partial charge in [0.2, 0.25) is 0 Å². The van der Waals surface area contributed by atoms with E-state index in [0.29, 0.717) is 17.6 Å². The van der Waals surface area contributed by atoms with Crippen LogP contribution in [0.4, 0.5) is 0 Å². The molecular formula is C18H26NO4+. The predicted octanol–water partition coefficient (Wildman–Crippen LogP) is 2.07. The molecule has 1 aliphatic heterocycles. The number of likely N-dealkylation sites (N-methyl/N-ethyl adjacent to an activating group) is 1. The van der Waals surface area contributed by atoms with Gasteiger partial charge in [-0.05, 0) is 26.3 Å². The molecule has 126 valence electrons. The molecular weight excluding hydrogens is 294 g/mol. The summed E-state index contributed by atoms with van der Waals surface area (Å²) >= 11 is 0. The zero-order valence-corrected chi connectivity index (χ0v) is 14.2. The third-order valence-electron chi connectivity index (χ3n) is 4.63. The van der Waals surface area contributed by atoms with E-state index in [1.165, 1.54) is 11.1 Å². The summed E-state index contributed by atoms with van der Waals surface area (Å²) in [7, 11) is 0. The van der Waals surface area contributed by atoms with Crippen molar-refractivity contribution < 1.29 is 23.5 Å². The van der Waals surface area contributed by atoms with Gasteiger partial charge in [0, 0.05) is 12.0 Å². The van der Waals surface area contributed by atoms with Crippen molar-refractivity contribution in [1.29, 1.82) is 0 Å². The number of carbonyl (C=O) groups is 2. The molecule has 1 unspecified atom stereocenters. The lowest BCUT2D eigenvalue weighted by Crippen LogP contribution is -2.64. The molecule has 0 fully saturated rings. The molecule has 0 N–H and O–H groups in total. The lowest BCUT2D eigenvalue weighted by molar-refractivity contribution is -0.948. The summed E-state index contributed by atoms with van der Waals surface area (Å²) in [6.45, 7) is 8.09. The highest BCUT2D eigenvalue weighted by Crippen LogP contribution is 2.29. The Kier molecular flexibility index (Phi) is 5.77. The Labute approximate surface area is 137 Å². The molecule has 1 aliphatic rings. The van der Waals surface area contributed by atoms with E-state index < -0.39 is 18.0 Å². The van der Waals surface area contributed by atoms with Crippen LogP contribution in [0, 0.1) is 0 Å². The average Bonchev–Trinajstić information content (AvgIpc) is 2.55. The third kappa shape index (κ3) is 3.55. The fourth-order valence-electron chi connectivity index (χ4n) is 3.38. The van der Waals surface area contributed by atoms with Gasteiger partial charge in [0.1, 0.15) is 6.54 Å². The number of ether oxygens (including phenoxy) is 2. The lowest BCUT2D eigenvalue weighted by atomic mass is 9.95. The number of benzene rings is 1. The van der Waals surface area contributed by atoms with Crippen molar-refractivity contribution in [3.05, 3.63) is 35.4 Å². The van der Waals surface area contributed by atoms with Crippen LogP contribution in [-0.2, 0) is 32.0 Å².